The normalized spacial score (nSPS) is 9.87. The average Bonchev–Trinajstić information content (AvgIpc) is 2.26. The van der Waals surface area contributed by atoms with Crippen molar-refractivity contribution in [3.05, 3.63) is 17.7 Å². The maximum Gasteiger partial charge on any atom is 0.253 e. The molecule has 1 rings (SSSR count). The van der Waals surface area contributed by atoms with Gasteiger partial charge >= 0.3 is 0 Å². The Morgan fingerprint density at radius 2 is 1.80 bits per heavy atom. The Morgan fingerprint density at radius 1 is 1.27 bits per heavy atom. The first-order valence-corrected chi connectivity index (χ1v) is 5.90. The van der Waals surface area contributed by atoms with E-state index in [-0.39, 0.29) is 0 Å². The third-order valence-corrected chi connectivity index (χ3v) is 2.99. The first-order valence-electron chi connectivity index (χ1n) is 3.88. The molecular formula is C9H8Cl2O3S. The number of rotatable bonds is 4. The lowest BCUT2D eigenvalue weighted by Crippen LogP contribution is -1.97. The van der Waals surface area contributed by atoms with Gasteiger partial charge in [0.25, 0.3) is 5.24 Å². The zero-order valence-corrected chi connectivity index (χ0v) is 10.4. The monoisotopic (exact) mass is 266 g/mol. The molecule has 0 bridgehead atoms. The number of hydrogen-bond acceptors (Lipinski definition) is 4. The Bertz CT molecular complexity index is 382. The third kappa shape index (κ3) is 2.71. The Labute approximate surface area is 101 Å². The maximum absolute atomic E-state index is 11.1. The third-order valence-electron chi connectivity index (χ3n) is 1.78. The molecule has 82 valence electrons. The molecule has 3 nitrogen and oxygen atoms in total. The molecule has 0 N–H and O–H groups in total. The number of methoxy groups -OCH3 is 2. The minimum Gasteiger partial charge on any atom is -0.493 e. The van der Waals surface area contributed by atoms with Gasteiger partial charge in [-0.2, -0.15) is 0 Å². The summed E-state index contributed by atoms with van der Waals surface area (Å²) in [5.74, 6) is 0.943. The molecule has 0 aliphatic carbocycles. The van der Waals surface area contributed by atoms with Crippen molar-refractivity contribution in [3.8, 4) is 11.5 Å². The molecule has 0 aliphatic rings. The van der Waals surface area contributed by atoms with E-state index in [1.807, 2.05) is 0 Å². The van der Waals surface area contributed by atoms with Gasteiger partial charge in [0.05, 0.1) is 19.8 Å². The molecule has 0 saturated heterocycles. The summed E-state index contributed by atoms with van der Waals surface area (Å²) in [6, 6.07) is 3.10. The zero-order valence-electron chi connectivity index (χ0n) is 8.04. The highest BCUT2D eigenvalue weighted by Gasteiger charge is 2.15. The van der Waals surface area contributed by atoms with Crippen molar-refractivity contribution in [3.63, 3.8) is 0 Å². The fourth-order valence-corrected chi connectivity index (χ4v) is 2.06. The molecule has 1 aromatic rings. The Hall–Kier alpha value is -0.580. The quantitative estimate of drug-likeness (QED) is 0.784. The predicted molar refractivity (Wildman–Crippen MR) is 61.4 cm³/mol. The fourth-order valence-electron chi connectivity index (χ4n) is 1.08. The van der Waals surface area contributed by atoms with Gasteiger partial charge in [-0.3, -0.25) is 4.79 Å². The van der Waals surface area contributed by atoms with Gasteiger partial charge in [-0.1, -0.05) is 0 Å². The van der Waals surface area contributed by atoms with E-state index in [2.05, 4.69) is 0 Å². The van der Waals surface area contributed by atoms with Gasteiger partial charge in [0.15, 0.2) is 11.5 Å². The van der Waals surface area contributed by atoms with Gasteiger partial charge in [-0.05, 0) is 45.4 Å². The molecule has 15 heavy (non-hydrogen) atoms. The number of ether oxygens (including phenoxy) is 2. The van der Waals surface area contributed by atoms with Crippen LogP contribution in [-0.4, -0.2) is 19.5 Å². The first-order chi connectivity index (χ1) is 7.13. The molecule has 0 heterocycles. The topological polar surface area (TPSA) is 35.5 Å². The lowest BCUT2D eigenvalue weighted by Gasteiger charge is -2.10. The minimum absolute atomic E-state index is 0.300. The van der Waals surface area contributed by atoms with Crippen molar-refractivity contribution in [1.29, 1.82) is 0 Å². The van der Waals surface area contributed by atoms with Gasteiger partial charge in [-0.25, -0.2) is 0 Å². The van der Waals surface area contributed by atoms with Crippen molar-refractivity contribution >= 4 is 38.5 Å². The van der Waals surface area contributed by atoms with E-state index in [1.165, 1.54) is 20.3 Å². The van der Waals surface area contributed by atoms with Crippen molar-refractivity contribution in [2.45, 2.75) is 4.90 Å². The molecule has 1 aromatic carbocycles. The summed E-state index contributed by atoms with van der Waals surface area (Å²) in [6.45, 7) is 0. The highest BCUT2D eigenvalue weighted by molar-refractivity contribution is 8.21. The molecule has 0 aliphatic heterocycles. The highest BCUT2D eigenvalue weighted by atomic mass is 35.7. The van der Waals surface area contributed by atoms with E-state index in [0.717, 1.165) is 11.0 Å². The average molecular weight is 267 g/mol. The molecule has 0 saturated carbocycles. The second-order valence-corrected chi connectivity index (χ2v) is 3.95. The molecule has 0 aromatic heterocycles. The number of carbonyl (C=O) groups is 1. The summed E-state index contributed by atoms with van der Waals surface area (Å²) in [5, 5.41) is -0.584. The smallest absolute Gasteiger partial charge is 0.253 e. The standard InChI is InChI=1S/C9H8Cl2O3S/c1-13-6-3-5(9(10)12)8(15-11)4-7(6)14-2/h3-4H,1-2H3. The molecule has 0 atom stereocenters. The van der Waals surface area contributed by atoms with Gasteiger partial charge < -0.3 is 9.47 Å². The van der Waals surface area contributed by atoms with Crippen LogP contribution in [-0.2, 0) is 0 Å². The molecule has 0 unspecified atom stereocenters. The summed E-state index contributed by atoms with van der Waals surface area (Å²) in [7, 11) is 9.50. The van der Waals surface area contributed by atoms with E-state index < -0.39 is 5.24 Å². The molecule has 0 spiro atoms. The van der Waals surface area contributed by atoms with Crippen LogP contribution in [0, 0.1) is 0 Å². The lowest BCUT2D eigenvalue weighted by atomic mass is 10.2. The van der Waals surface area contributed by atoms with E-state index in [9.17, 15) is 4.79 Å². The van der Waals surface area contributed by atoms with Crippen LogP contribution in [0.1, 0.15) is 10.4 Å². The molecular weight excluding hydrogens is 259 g/mol. The lowest BCUT2D eigenvalue weighted by molar-refractivity contribution is 0.107. The van der Waals surface area contributed by atoms with E-state index in [0.29, 0.717) is 22.0 Å². The Kier molecular flexibility index (Phi) is 4.57. The van der Waals surface area contributed by atoms with Crippen molar-refractivity contribution in [2.24, 2.45) is 0 Å². The summed E-state index contributed by atoms with van der Waals surface area (Å²) in [6.07, 6.45) is 0. The summed E-state index contributed by atoms with van der Waals surface area (Å²) in [4.78, 5) is 11.6. The largest absolute Gasteiger partial charge is 0.493 e. The number of carbonyl (C=O) groups excluding carboxylic acids is 1. The van der Waals surface area contributed by atoms with Crippen LogP contribution >= 0.6 is 33.3 Å². The predicted octanol–water partition coefficient (Wildman–Crippen LogP) is 3.33. The van der Waals surface area contributed by atoms with Crippen molar-refractivity contribution in [2.75, 3.05) is 14.2 Å². The van der Waals surface area contributed by atoms with Gasteiger partial charge in [0.2, 0.25) is 0 Å². The number of hydrogen-bond donors (Lipinski definition) is 0. The maximum atomic E-state index is 11.1. The van der Waals surface area contributed by atoms with Crippen LogP contribution in [0.2, 0.25) is 0 Å². The van der Waals surface area contributed by atoms with Crippen LogP contribution < -0.4 is 9.47 Å². The van der Waals surface area contributed by atoms with E-state index >= 15 is 0 Å². The van der Waals surface area contributed by atoms with Crippen LogP contribution in [0.25, 0.3) is 0 Å². The Morgan fingerprint density at radius 3 is 2.20 bits per heavy atom. The summed E-state index contributed by atoms with van der Waals surface area (Å²) >= 11 is 5.40. The summed E-state index contributed by atoms with van der Waals surface area (Å²) < 4.78 is 10.1. The SMILES string of the molecule is COc1cc(SCl)c(C(=O)Cl)cc1OC. The first kappa shape index (κ1) is 12.5. The van der Waals surface area contributed by atoms with E-state index in [1.54, 1.807) is 6.07 Å². The second kappa shape index (κ2) is 5.49. The van der Waals surface area contributed by atoms with Crippen molar-refractivity contribution in [1.82, 2.24) is 0 Å². The highest BCUT2D eigenvalue weighted by Crippen LogP contribution is 2.37. The molecule has 0 radical (unpaired) electrons. The second-order valence-electron chi connectivity index (χ2n) is 2.55. The van der Waals surface area contributed by atoms with Crippen LogP contribution in [0.3, 0.4) is 0 Å². The van der Waals surface area contributed by atoms with Gasteiger partial charge in [-0.15, -0.1) is 0 Å². The minimum atomic E-state index is -0.584. The summed E-state index contributed by atoms with van der Waals surface area (Å²) in [5.41, 5.74) is 0.300. The van der Waals surface area contributed by atoms with Crippen LogP contribution in [0.15, 0.2) is 17.0 Å². The Balaban J connectivity index is 3.34. The van der Waals surface area contributed by atoms with Crippen LogP contribution in [0.5, 0.6) is 11.5 Å². The van der Waals surface area contributed by atoms with Gasteiger partial charge in [0.1, 0.15) is 0 Å². The molecule has 0 amide bonds. The van der Waals surface area contributed by atoms with Crippen LogP contribution in [0.4, 0.5) is 0 Å². The fraction of sp³-hybridized carbons (Fsp3) is 0.222. The number of halogens is 2. The van der Waals surface area contributed by atoms with Gasteiger partial charge in [0, 0.05) is 4.90 Å². The molecule has 6 heteroatoms. The zero-order chi connectivity index (χ0) is 11.4. The molecule has 0 fully saturated rings. The number of benzene rings is 1. The van der Waals surface area contributed by atoms with E-state index in [4.69, 9.17) is 31.8 Å². The van der Waals surface area contributed by atoms with Crippen molar-refractivity contribution < 1.29 is 14.3 Å².